The summed E-state index contributed by atoms with van der Waals surface area (Å²) in [6.45, 7) is 3.06. The maximum absolute atomic E-state index is 11.7. The topological polar surface area (TPSA) is 66.4 Å². The van der Waals surface area contributed by atoms with E-state index in [-0.39, 0.29) is 5.97 Å². The van der Waals surface area contributed by atoms with Crippen LogP contribution >= 0.6 is 0 Å². The molecular weight excluding hydrogens is 304 g/mol. The predicted molar refractivity (Wildman–Crippen MR) is 87.5 cm³/mol. The number of hydrogen-bond acceptors (Lipinski definition) is 4. The molecular formula is C19H25N2O3+. The summed E-state index contributed by atoms with van der Waals surface area (Å²) < 4.78 is 5.13. The van der Waals surface area contributed by atoms with E-state index in [2.05, 4.69) is 10.2 Å². The molecule has 0 spiro atoms. The molecule has 4 unspecified atom stereocenters. The number of aliphatic hydroxyl groups excluding tert-OH is 1. The minimum absolute atomic E-state index is 0.240. The van der Waals surface area contributed by atoms with E-state index < -0.39 is 6.10 Å². The van der Waals surface area contributed by atoms with Crippen molar-refractivity contribution in [3.8, 4) is 0 Å². The van der Waals surface area contributed by atoms with Crippen molar-refractivity contribution in [2.45, 2.75) is 69.5 Å². The molecule has 128 valence electrons. The highest BCUT2D eigenvalue weighted by Gasteiger charge is 2.53. The summed E-state index contributed by atoms with van der Waals surface area (Å²) >= 11 is 0. The number of aliphatic hydroxyl groups is 1. The molecule has 5 heteroatoms. The monoisotopic (exact) mass is 329 g/mol. The van der Waals surface area contributed by atoms with Crippen molar-refractivity contribution in [1.29, 1.82) is 0 Å². The Labute approximate surface area is 142 Å². The largest absolute Gasteiger partial charge is 0.457 e. The summed E-state index contributed by atoms with van der Waals surface area (Å²) in [6, 6.07) is 6.45. The zero-order valence-electron chi connectivity index (χ0n) is 14.1. The van der Waals surface area contributed by atoms with Crippen LogP contribution in [0, 0.1) is 6.92 Å². The first-order valence-electron chi connectivity index (χ1n) is 9.22. The van der Waals surface area contributed by atoms with E-state index in [4.69, 9.17) is 4.74 Å². The van der Waals surface area contributed by atoms with Crippen LogP contribution in [0.5, 0.6) is 0 Å². The lowest BCUT2D eigenvalue weighted by atomic mass is 9.94. The minimum Gasteiger partial charge on any atom is -0.457 e. The Hall–Kier alpha value is -1.43. The molecule has 5 rings (SSSR count). The molecule has 1 aromatic rings. The van der Waals surface area contributed by atoms with Gasteiger partial charge in [-0.25, -0.2) is 4.79 Å². The molecule has 0 aliphatic carbocycles. The number of nitrogens with two attached hydrogens (primary N) is 1. The van der Waals surface area contributed by atoms with Gasteiger partial charge in [0.25, 0.3) is 0 Å². The fourth-order valence-electron chi connectivity index (χ4n) is 5.67. The van der Waals surface area contributed by atoms with Crippen LogP contribution in [0.15, 0.2) is 12.1 Å². The second-order valence-corrected chi connectivity index (χ2v) is 7.90. The van der Waals surface area contributed by atoms with E-state index >= 15 is 0 Å². The van der Waals surface area contributed by atoms with E-state index in [1.165, 1.54) is 25.7 Å². The van der Waals surface area contributed by atoms with E-state index in [1.807, 2.05) is 19.1 Å². The van der Waals surface area contributed by atoms with Crippen LogP contribution in [0.4, 0.5) is 0 Å². The van der Waals surface area contributed by atoms with Crippen LogP contribution in [0.25, 0.3) is 0 Å². The number of quaternary nitrogens is 1. The number of cyclic esters (lactones) is 1. The highest BCUT2D eigenvalue weighted by Crippen LogP contribution is 2.38. The summed E-state index contributed by atoms with van der Waals surface area (Å²) in [5, 5.41) is 13.5. The second kappa shape index (κ2) is 5.28. The lowest BCUT2D eigenvalue weighted by Crippen LogP contribution is -2.98. The fraction of sp³-hybridized carbons (Fsp3) is 0.632. The molecule has 3 fully saturated rings. The maximum Gasteiger partial charge on any atom is 0.338 e. The minimum atomic E-state index is -0.494. The molecule has 0 amide bonds. The average Bonchev–Trinajstić information content (AvgIpc) is 3.21. The lowest BCUT2D eigenvalue weighted by Gasteiger charge is -2.39. The van der Waals surface area contributed by atoms with Crippen molar-refractivity contribution in [3.63, 3.8) is 0 Å². The zero-order chi connectivity index (χ0) is 16.4. The summed E-state index contributed by atoms with van der Waals surface area (Å²) in [5.74, 6) is -0.240. The van der Waals surface area contributed by atoms with Gasteiger partial charge in [-0.15, -0.1) is 0 Å². The van der Waals surface area contributed by atoms with Crippen molar-refractivity contribution in [3.05, 3.63) is 34.4 Å². The van der Waals surface area contributed by atoms with Gasteiger partial charge in [0.1, 0.15) is 18.7 Å². The Morgan fingerprint density at radius 3 is 2.67 bits per heavy atom. The number of hydrogen-bond donors (Lipinski definition) is 2. The molecule has 4 aliphatic heterocycles. The van der Waals surface area contributed by atoms with Gasteiger partial charge in [0.05, 0.1) is 23.8 Å². The normalized spacial score (nSPS) is 35.2. The van der Waals surface area contributed by atoms with E-state index in [1.54, 1.807) is 0 Å². The Balaban J connectivity index is 1.40. The van der Waals surface area contributed by atoms with Crippen LogP contribution < -0.4 is 5.32 Å². The van der Waals surface area contributed by atoms with Gasteiger partial charge in [0.2, 0.25) is 0 Å². The summed E-state index contributed by atoms with van der Waals surface area (Å²) in [4.78, 5) is 14.3. The summed E-state index contributed by atoms with van der Waals surface area (Å²) in [5.41, 5.74) is 3.58. The van der Waals surface area contributed by atoms with Crippen molar-refractivity contribution >= 4 is 5.97 Å². The Morgan fingerprint density at radius 1 is 1.25 bits per heavy atom. The van der Waals surface area contributed by atoms with Gasteiger partial charge < -0.3 is 15.2 Å². The van der Waals surface area contributed by atoms with Crippen LogP contribution in [-0.2, 0) is 11.3 Å². The lowest BCUT2D eigenvalue weighted by molar-refractivity contribution is -0.718. The number of rotatable bonds is 3. The van der Waals surface area contributed by atoms with E-state index in [0.29, 0.717) is 30.8 Å². The quantitative estimate of drug-likeness (QED) is 0.799. The van der Waals surface area contributed by atoms with Crippen LogP contribution in [0.1, 0.15) is 58.8 Å². The van der Waals surface area contributed by atoms with Gasteiger partial charge >= 0.3 is 5.97 Å². The van der Waals surface area contributed by atoms with Crippen molar-refractivity contribution < 1.29 is 20.0 Å². The first-order chi connectivity index (χ1) is 11.6. The Bertz CT molecular complexity index is 686. The number of piperazine rings is 1. The van der Waals surface area contributed by atoms with E-state index in [0.717, 1.165) is 28.8 Å². The average molecular weight is 329 g/mol. The number of carbonyl (C=O) groups excluding carboxylic acids is 1. The van der Waals surface area contributed by atoms with Crippen molar-refractivity contribution in [2.24, 2.45) is 0 Å². The third-order valence-electron chi connectivity index (χ3n) is 6.88. The standard InChI is InChI=1S/C19H24N2O3/c1-10-11(2-3-12-13(10)9-24-19(12)23)18(22)8-21-16-6-7-17(21)15-5-4-14(16)20-15/h2-3,14-18,20,22H,4-9H2,1H3/p+1/t14?,15?,16?,17?,18-/m0/s1. The number of ether oxygens (including phenoxy) is 1. The molecule has 1 aromatic carbocycles. The van der Waals surface area contributed by atoms with Crippen LogP contribution in [0.3, 0.4) is 0 Å². The van der Waals surface area contributed by atoms with Gasteiger partial charge in [-0.3, -0.25) is 4.90 Å². The number of benzene rings is 1. The van der Waals surface area contributed by atoms with Gasteiger partial charge in [-0.05, 0) is 37.0 Å². The highest BCUT2D eigenvalue weighted by atomic mass is 16.5. The second-order valence-electron chi connectivity index (χ2n) is 7.90. The molecule has 5 atom stereocenters. The van der Waals surface area contributed by atoms with Gasteiger partial charge in [0, 0.05) is 24.9 Å². The maximum atomic E-state index is 11.7. The van der Waals surface area contributed by atoms with Gasteiger partial charge in [-0.2, -0.15) is 0 Å². The SMILES string of the molecule is Cc1c([C@@H](O)CN2C3CCC2C2CCC3[NH2+]2)ccc2c1COC2=O. The van der Waals surface area contributed by atoms with Crippen LogP contribution in [0.2, 0.25) is 0 Å². The first-order valence-corrected chi connectivity index (χ1v) is 9.22. The third kappa shape index (κ3) is 2.01. The number of carbonyl (C=O) groups is 1. The first kappa shape index (κ1) is 14.9. The van der Waals surface area contributed by atoms with E-state index in [9.17, 15) is 9.90 Å². The molecule has 24 heavy (non-hydrogen) atoms. The molecule has 4 heterocycles. The smallest absolute Gasteiger partial charge is 0.338 e. The number of esters is 1. The molecule has 3 N–H and O–H groups in total. The van der Waals surface area contributed by atoms with Crippen molar-refractivity contribution in [1.82, 2.24) is 4.90 Å². The zero-order valence-corrected chi connectivity index (χ0v) is 14.1. The van der Waals surface area contributed by atoms with Gasteiger partial charge in [-0.1, -0.05) is 6.07 Å². The Kier molecular flexibility index (Phi) is 3.27. The summed E-state index contributed by atoms with van der Waals surface area (Å²) in [6.07, 6.45) is 4.72. The Morgan fingerprint density at radius 2 is 1.96 bits per heavy atom. The number of nitrogens with zero attached hydrogens (tertiary/aromatic N) is 1. The molecule has 4 aliphatic rings. The molecule has 5 nitrogen and oxygen atoms in total. The molecule has 0 saturated carbocycles. The third-order valence-corrected chi connectivity index (χ3v) is 6.88. The predicted octanol–water partition coefficient (Wildman–Crippen LogP) is 0.640. The molecule has 0 aromatic heterocycles. The van der Waals surface area contributed by atoms with Crippen molar-refractivity contribution in [2.75, 3.05) is 6.54 Å². The molecule has 3 saturated heterocycles. The van der Waals surface area contributed by atoms with Crippen LogP contribution in [-0.4, -0.2) is 46.7 Å². The van der Waals surface area contributed by atoms with Gasteiger partial charge in [0.15, 0.2) is 0 Å². The highest BCUT2D eigenvalue weighted by molar-refractivity contribution is 5.93. The number of fused-ring (bicyclic) bond motifs is 7. The summed E-state index contributed by atoms with van der Waals surface area (Å²) in [7, 11) is 0. The fourth-order valence-corrected chi connectivity index (χ4v) is 5.67. The molecule has 4 bridgehead atoms. The molecule has 0 radical (unpaired) electrons.